The number of hydrogen-bond acceptors (Lipinski definition) is 25. The average Bonchev–Trinajstić information content (AvgIpc) is 3.11. The molecule has 0 radical (unpaired) electrons. The molecule has 51 heavy (non-hydrogen) atoms. The maximum Gasteiger partial charge on any atom is 0.295 e. The highest BCUT2D eigenvalue weighted by atomic mass is 16.8. The summed E-state index contributed by atoms with van der Waals surface area (Å²) in [6.07, 6.45) is -38.3. The topological polar surface area (TPSA) is 350 Å². The zero-order chi connectivity index (χ0) is 37.6. The second-order valence-corrected chi connectivity index (χ2v) is 11.1. The van der Waals surface area contributed by atoms with Crippen LogP contribution in [0.3, 0.4) is 0 Å². The molecule has 4 saturated heterocycles. The molecule has 25 nitrogen and oxygen atoms in total. The Balaban J connectivity index is 1.49. The van der Waals surface area contributed by atoms with Crippen molar-refractivity contribution in [1.29, 1.82) is 0 Å². The molecule has 0 saturated carbocycles. The second kappa shape index (κ2) is 18.3. The summed E-state index contributed by atoms with van der Waals surface area (Å²) in [6.45, 7) is -0.488. The van der Waals surface area contributed by atoms with Gasteiger partial charge in [0.25, 0.3) is 25.9 Å². The maximum atomic E-state index is 11.3. The predicted octanol–water partition coefficient (Wildman–Crippen LogP) is -7.89. The highest BCUT2D eigenvalue weighted by Crippen LogP contribution is 2.35. The van der Waals surface area contributed by atoms with Gasteiger partial charge in [-0.05, 0) is 0 Å². The minimum absolute atomic E-state index is 0.0506. The molecule has 4 fully saturated rings. The molecule has 8 N–H and O–H groups in total. The van der Waals surface area contributed by atoms with E-state index in [9.17, 15) is 60.0 Å². The van der Waals surface area contributed by atoms with Gasteiger partial charge in [0.05, 0.1) is 0 Å². The van der Waals surface area contributed by atoms with Crippen LogP contribution in [0.25, 0.3) is 0 Å². The summed E-state index contributed by atoms with van der Waals surface area (Å²) in [6, 6.07) is 0. The first-order valence-electron chi connectivity index (χ1n) is 14.8. The Morgan fingerprint density at radius 3 is 0.882 bits per heavy atom. The van der Waals surface area contributed by atoms with Gasteiger partial charge >= 0.3 is 0 Å². The van der Waals surface area contributed by atoms with E-state index < -0.39 is 124 Å². The summed E-state index contributed by atoms with van der Waals surface area (Å²) in [4.78, 5) is 44.6. The quantitative estimate of drug-likeness (QED) is 0.0536. The van der Waals surface area contributed by atoms with Gasteiger partial charge in [0, 0.05) is 14.2 Å². The number of carbonyl (C=O) groups is 4. The van der Waals surface area contributed by atoms with Crippen molar-refractivity contribution in [2.24, 2.45) is 0 Å². The molecular weight excluding hydrogens is 712 g/mol. The number of methoxy groups -OCH3 is 2. The van der Waals surface area contributed by atoms with Crippen LogP contribution in [-0.2, 0) is 80.8 Å². The minimum Gasteiger partial charge on any atom is -0.435 e. The largest absolute Gasteiger partial charge is 0.435 e. The Kier molecular flexibility index (Phi) is 14.7. The van der Waals surface area contributed by atoms with Gasteiger partial charge in [-0.25, -0.2) is 0 Å². The first-order chi connectivity index (χ1) is 24.4. The fourth-order valence-electron chi connectivity index (χ4n) is 5.56. The molecule has 0 aromatic rings. The van der Waals surface area contributed by atoms with E-state index in [0.717, 1.165) is 14.2 Å². The summed E-state index contributed by atoms with van der Waals surface area (Å²) in [5.74, 6) is 0. The molecule has 4 heterocycles. The molecule has 25 heteroatoms. The fraction of sp³-hybridized carbons (Fsp3) is 0.846. The van der Waals surface area contributed by atoms with Crippen LogP contribution in [0.5, 0.6) is 0 Å². The monoisotopic (exact) mass is 750 g/mol. The van der Waals surface area contributed by atoms with Gasteiger partial charge in [0.15, 0.2) is 43.5 Å². The molecule has 0 amide bonds. The highest BCUT2D eigenvalue weighted by molar-refractivity contribution is 5.38. The van der Waals surface area contributed by atoms with Crippen molar-refractivity contribution >= 4 is 25.9 Å². The molecule has 0 aliphatic carbocycles. The van der Waals surface area contributed by atoms with Crippen molar-refractivity contribution in [2.75, 3.05) is 14.2 Å². The van der Waals surface area contributed by atoms with E-state index in [4.69, 9.17) is 61.6 Å². The van der Waals surface area contributed by atoms with Crippen LogP contribution in [0.15, 0.2) is 0 Å². The number of rotatable bonds is 16. The molecule has 292 valence electrons. The molecule has 0 aromatic carbocycles. The Labute approximate surface area is 285 Å². The smallest absolute Gasteiger partial charge is 0.295 e. The van der Waals surface area contributed by atoms with Gasteiger partial charge in [0.2, 0.25) is 25.2 Å². The summed E-state index contributed by atoms with van der Waals surface area (Å²) < 4.78 is 66.6. The molecule has 0 aromatic heterocycles. The van der Waals surface area contributed by atoms with Crippen molar-refractivity contribution in [1.82, 2.24) is 0 Å². The third-order valence-corrected chi connectivity index (χ3v) is 8.14. The van der Waals surface area contributed by atoms with Gasteiger partial charge in [-0.1, -0.05) is 0 Å². The van der Waals surface area contributed by atoms with Crippen molar-refractivity contribution in [3.8, 4) is 0 Å². The summed E-state index contributed by atoms with van der Waals surface area (Å²) >= 11 is 0. The molecule has 4 rings (SSSR count). The Morgan fingerprint density at radius 2 is 0.608 bits per heavy atom. The van der Waals surface area contributed by atoms with Crippen molar-refractivity contribution in [3.63, 3.8) is 0 Å². The molecular formula is C26H38O25. The van der Waals surface area contributed by atoms with E-state index in [2.05, 4.69) is 0 Å². The van der Waals surface area contributed by atoms with Crippen LogP contribution in [0.2, 0.25) is 0 Å². The van der Waals surface area contributed by atoms with E-state index in [0.29, 0.717) is 0 Å². The minimum atomic E-state index is -2.19. The van der Waals surface area contributed by atoms with E-state index >= 15 is 0 Å². The average molecular weight is 751 g/mol. The van der Waals surface area contributed by atoms with E-state index in [1.165, 1.54) is 0 Å². The first kappa shape index (κ1) is 41.0. The summed E-state index contributed by atoms with van der Waals surface area (Å²) in [5.41, 5.74) is 0. The molecule has 0 spiro atoms. The van der Waals surface area contributed by atoms with Crippen LogP contribution in [0, 0.1) is 0 Å². The van der Waals surface area contributed by atoms with Gasteiger partial charge in [-0.3, -0.25) is 19.2 Å². The van der Waals surface area contributed by atoms with E-state index in [-0.39, 0.29) is 25.9 Å². The van der Waals surface area contributed by atoms with Gasteiger partial charge in [0.1, 0.15) is 54.9 Å². The zero-order valence-electron chi connectivity index (χ0n) is 26.4. The lowest BCUT2D eigenvalue weighted by Crippen LogP contribution is -2.67. The van der Waals surface area contributed by atoms with Gasteiger partial charge < -0.3 is 102 Å². The van der Waals surface area contributed by atoms with Crippen LogP contribution >= 0.6 is 0 Å². The second-order valence-electron chi connectivity index (χ2n) is 11.1. The number of ether oxygens (including phenoxy) is 13. The van der Waals surface area contributed by atoms with Crippen LogP contribution in [0.1, 0.15) is 0 Å². The zero-order valence-corrected chi connectivity index (χ0v) is 26.4. The first-order valence-corrected chi connectivity index (χ1v) is 14.8. The molecule has 20 atom stereocenters. The molecule has 0 bridgehead atoms. The van der Waals surface area contributed by atoms with Crippen molar-refractivity contribution in [3.05, 3.63) is 0 Å². The highest BCUT2D eigenvalue weighted by Gasteiger charge is 2.57. The van der Waals surface area contributed by atoms with E-state index in [1.54, 1.807) is 0 Å². The van der Waals surface area contributed by atoms with Gasteiger partial charge in [-0.15, -0.1) is 0 Å². The van der Waals surface area contributed by atoms with Gasteiger partial charge in [-0.2, -0.15) is 0 Å². The van der Waals surface area contributed by atoms with Crippen LogP contribution in [0.4, 0.5) is 0 Å². The Hall–Kier alpha value is -2.80. The number of aliphatic hydroxyl groups is 8. The molecule has 4 aliphatic heterocycles. The SMILES string of the molecule is COC1OC(OC=O)C(OC2OC(OC=O)C(OC3OC(OC=O)C(OC4OC(OC=O)C(OC)C(O)C4O)C(O)C3O)C(O)C2O)C(O)C1O. The van der Waals surface area contributed by atoms with Crippen molar-refractivity contribution < 1.29 is 122 Å². The third-order valence-electron chi connectivity index (χ3n) is 8.14. The normalized spacial score (nSPS) is 47.4. The summed E-state index contributed by atoms with van der Waals surface area (Å²) in [7, 11) is 2.22. The van der Waals surface area contributed by atoms with Crippen molar-refractivity contribution in [2.45, 2.75) is 124 Å². The molecule has 20 unspecified atom stereocenters. The maximum absolute atomic E-state index is 11.3. The summed E-state index contributed by atoms with van der Waals surface area (Å²) in [5, 5.41) is 85.5. The lowest BCUT2D eigenvalue weighted by atomic mass is 10.00. The third kappa shape index (κ3) is 8.71. The lowest BCUT2D eigenvalue weighted by Gasteiger charge is -2.48. The van der Waals surface area contributed by atoms with E-state index in [1.807, 2.05) is 0 Å². The Bertz CT molecular complexity index is 1130. The Morgan fingerprint density at radius 1 is 0.353 bits per heavy atom. The standard InChI is InChI=1S/C26H38O25/c1-39-15-7(31)12(36)20(49-23(15)41-3-27)46-17-9(33)14(38)22(51-25(17)43-5-29)47-18-10(34)13(37)21(50-26(18)44-6-30)45-16-8(32)11(35)19(40-2)48-24(16)42-4-28/h3-26,31-38H,1-2H3. The number of carbonyl (C=O) groups excluding carboxylic acids is 4. The lowest BCUT2D eigenvalue weighted by molar-refractivity contribution is -0.422. The molecule has 4 aliphatic rings. The predicted molar refractivity (Wildman–Crippen MR) is 144 cm³/mol. The number of aliphatic hydroxyl groups excluding tert-OH is 8. The van der Waals surface area contributed by atoms with Crippen LogP contribution < -0.4 is 0 Å². The fourth-order valence-corrected chi connectivity index (χ4v) is 5.56. The van der Waals surface area contributed by atoms with Crippen LogP contribution in [-0.4, -0.2) is 205 Å². The number of hydrogen-bond donors (Lipinski definition) is 8.